The maximum atomic E-state index is 13.9. The minimum Gasteiger partial charge on any atom is -0.485 e. The van der Waals surface area contributed by atoms with Crippen molar-refractivity contribution in [2.24, 2.45) is 0 Å². The Morgan fingerprint density at radius 2 is 1.96 bits per heavy atom. The second-order valence-electron chi connectivity index (χ2n) is 6.55. The summed E-state index contributed by atoms with van der Waals surface area (Å²) in [4.78, 5) is 18.3. The lowest BCUT2D eigenvalue weighted by Crippen LogP contribution is -2.24. The quantitative estimate of drug-likeness (QED) is 0.769. The first-order valence-corrected chi connectivity index (χ1v) is 8.75. The first-order valence-electron chi connectivity index (χ1n) is 8.75. The highest BCUT2D eigenvalue weighted by atomic mass is 19.1. The molecule has 2 aromatic rings. The van der Waals surface area contributed by atoms with Gasteiger partial charge in [0.25, 0.3) is 0 Å². The smallest absolute Gasteiger partial charge is 0.352 e. The van der Waals surface area contributed by atoms with Gasteiger partial charge in [-0.1, -0.05) is 0 Å². The number of alkyl halides is 1. The molecule has 1 aromatic heterocycles. The number of benzene rings is 1. The number of aromatic nitrogens is 2. The maximum absolute atomic E-state index is 13.9. The Morgan fingerprint density at radius 3 is 2.70 bits per heavy atom. The van der Waals surface area contributed by atoms with E-state index in [0.717, 1.165) is 37.3 Å². The average Bonchev–Trinajstić information content (AvgIpc) is 3.22. The van der Waals surface area contributed by atoms with Crippen molar-refractivity contribution in [3.05, 3.63) is 45.9 Å². The zero-order valence-corrected chi connectivity index (χ0v) is 14.5. The minimum atomic E-state index is -0.941. The van der Waals surface area contributed by atoms with Crippen molar-refractivity contribution >= 4 is 5.82 Å². The molecule has 1 fully saturated rings. The summed E-state index contributed by atoms with van der Waals surface area (Å²) < 4.78 is 51.8. The van der Waals surface area contributed by atoms with Crippen LogP contribution in [0.5, 0.6) is 11.6 Å². The van der Waals surface area contributed by atoms with Crippen LogP contribution in [0.3, 0.4) is 0 Å². The van der Waals surface area contributed by atoms with Crippen molar-refractivity contribution in [1.82, 2.24) is 9.55 Å². The lowest BCUT2D eigenvalue weighted by Gasteiger charge is -2.17. The van der Waals surface area contributed by atoms with E-state index in [1.165, 1.54) is 0 Å². The highest BCUT2D eigenvalue weighted by Gasteiger charge is 2.34. The molecule has 9 heteroatoms. The van der Waals surface area contributed by atoms with E-state index in [1.807, 2.05) is 0 Å². The average molecular weight is 381 g/mol. The van der Waals surface area contributed by atoms with E-state index in [-0.39, 0.29) is 18.1 Å². The van der Waals surface area contributed by atoms with Gasteiger partial charge >= 0.3 is 5.69 Å². The zero-order chi connectivity index (χ0) is 19.0. The number of hydrogen-bond donors (Lipinski definition) is 0. The van der Waals surface area contributed by atoms with Crippen LogP contribution in [-0.2, 0) is 13.2 Å². The summed E-state index contributed by atoms with van der Waals surface area (Å²) in [5, 5.41) is 0. The molecule has 0 N–H and O–H groups in total. The van der Waals surface area contributed by atoms with Crippen molar-refractivity contribution in [1.29, 1.82) is 0 Å². The number of hydrogen-bond acceptors (Lipinski definition) is 5. The Labute approximate surface area is 153 Å². The lowest BCUT2D eigenvalue weighted by molar-refractivity contribution is 0.249. The Bertz CT molecular complexity index is 895. The molecule has 0 saturated carbocycles. The van der Waals surface area contributed by atoms with Crippen molar-refractivity contribution in [2.45, 2.75) is 32.0 Å². The topological polar surface area (TPSA) is 56.6 Å². The second kappa shape index (κ2) is 7.13. The highest BCUT2D eigenvalue weighted by molar-refractivity contribution is 5.48. The molecule has 1 aromatic carbocycles. The summed E-state index contributed by atoms with van der Waals surface area (Å²) in [5.41, 5.74) is -0.191. The SMILES string of the molecule is O=c1nc(OCc2cc(F)c(OCCF)c(F)c2)cc2n1CC1CCCN21. The molecule has 2 aliphatic heterocycles. The fourth-order valence-electron chi connectivity index (χ4n) is 3.63. The van der Waals surface area contributed by atoms with Crippen LogP contribution in [0, 0.1) is 11.6 Å². The summed E-state index contributed by atoms with van der Waals surface area (Å²) in [5.74, 6) is -1.63. The monoisotopic (exact) mass is 381 g/mol. The largest absolute Gasteiger partial charge is 0.485 e. The number of ether oxygens (including phenoxy) is 2. The molecule has 0 amide bonds. The first kappa shape index (κ1) is 17.7. The van der Waals surface area contributed by atoms with Gasteiger partial charge in [-0.2, -0.15) is 4.98 Å². The van der Waals surface area contributed by atoms with Gasteiger partial charge < -0.3 is 14.4 Å². The van der Waals surface area contributed by atoms with Gasteiger partial charge in [-0.05, 0) is 30.5 Å². The van der Waals surface area contributed by atoms with Crippen LogP contribution >= 0.6 is 0 Å². The molecule has 4 rings (SSSR count). The Hall–Kier alpha value is -2.71. The fourth-order valence-corrected chi connectivity index (χ4v) is 3.63. The molecule has 1 saturated heterocycles. The van der Waals surface area contributed by atoms with Gasteiger partial charge in [0, 0.05) is 25.2 Å². The van der Waals surface area contributed by atoms with Gasteiger partial charge in [-0.15, -0.1) is 0 Å². The fraction of sp³-hybridized carbons (Fsp3) is 0.444. The number of fused-ring (bicyclic) bond motifs is 3. The van der Waals surface area contributed by atoms with Gasteiger partial charge in [0.2, 0.25) is 5.88 Å². The van der Waals surface area contributed by atoms with E-state index in [2.05, 4.69) is 9.88 Å². The van der Waals surface area contributed by atoms with Crippen LogP contribution in [0.1, 0.15) is 18.4 Å². The molecule has 3 heterocycles. The summed E-state index contributed by atoms with van der Waals surface area (Å²) >= 11 is 0. The number of rotatable bonds is 6. The van der Waals surface area contributed by atoms with Gasteiger partial charge in [-0.3, -0.25) is 4.57 Å². The lowest BCUT2D eigenvalue weighted by atomic mass is 10.2. The van der Waals surface area contributed by atoms with Crippen molar-refractivity contribution < 1.29 is 22.6 Å². The summed E-state index contributed by atoms with van der Waals surface area (Å²) in [6.07, 6.45) is 2.11. The standard InChI is InChI=1S/C18H18F3N3O3/c19-3-5-26-17-13(20)6-11(7-14(17)21)10-27-15-8-16-23-4-1-2-12(23)9-24(16)18(25)22-15/h6-8,12H,1-5,9-10H2. The molecular weight excluding hydrogens is 363 g/mol. The molecule has 6 nitrogen and oxygen atoms in total. The third kappa shape index (κ3) is 3.33. The Kier molecular flexibility index (Phi) is 4.67. The normalized spacial score (nSPS) is 17.7. The Morgan fingerprint density at radius 1 is 1.19 bits per heavy atom. The number of halogens is 3. The van der Waals surface area contributed by atoms with Gasteiger partial charge in [0.15, 0.2) is 17.4 Å². The molecule has 2 aliphatic rings. The van der Waals surface area contributed by atoms with Gasteiger partial charge in [-0.25, -0.2) is 18.0 Å². The summed E-state index contributed by atoms with van der Waals surface area (Å²) in [7, 11) is 0. The van der Waals surface area contributed by atoms with E-state index in [1.54, 1.807) is 10.6 Å². The van der Waals surface area contributed by atoms with Gasteiger partial charge in [0.1, 0.15) is 25.7 Å². The molecule has 0 radical (unpaired) electrons. The predicted molar refractivity (Wildman–Crippen MR) is 91.0 cm³/mol. The van der Waals surface area contributed by atoms with E-state index in [4.69, 9.17) is 9.47 Å². The zero-order valence-electron chi connectivity index (χ0n) is 14.5. The van der Waals surface area contributed by atoms with Crippen LogP contribution in [0.4, 0.5) is 19.0 Å². The molecule has 27 heavy (non-hydrogen) atoms. The molecule has 1 unspecified atom stereocenters. The van der Waals surface area contributed by atoms with Crippen LogP contribution < -0.4 is 20.1 Å². The van der Waals surface area contributed by atoms with Crippen molar-refractivity contribution in [3.63, 3.8) is 0 Å². The molecule has 0 spiro atoms. The van der Waals surface area contributed by atoms with Gasteiger partial charge in [0.05, 0.1) is 0 Å². The van der Waals surface area contributed by atoms with Crippen LogP contribution in [0.2, 0.25) is 0 Å². The van der Waals surface area contributed by atoms with E-state index >= 15 is 0 Å². The van der Waals surface area contributed by atoms with E-state index in [9.17, 15) is 18.0 Å². The molecule has 144 valence electrons. The van der Waals surface area contributed by atoms with E-state index in [0.29, 0.717) is 12.6 Å². The molecular formula is C18H18F3N3O3. The van der Waals surface area contributed by atoms with Crippen LogP contribution in [0.15, 0.2) is 23.0 Å². The predicted octanol–water partition coefficient (Wildman–Crippen LogP) is 2.43. The van der Waals surface area contributed by atoms with Crippen LogP contribution in [0.25, 0.3) is 0 Å². The summed E-state index contributed by atoms with van der Waals surface area (Å²) in [6.45, 7) is 0.0599. The first-order chi connectivity index (χ1) is 13.1. The summed E-state index contributed by atoms with van der Waals surface area (Å²) in [6, 6.07) is 4.09. The van der Waals surface area contributed by atoms with Crippen molar-refractivity contribution in [3.8, 4) is 11.6 Å². The molecule has 0 bridgehead atoms. The minimum absolute atomic E-state index is 0.109. The number of nitrogens with zero attached hydrogens (tertiary/aromatic N) is 3. The maximum Gasteiger partial charge on any atom is 0.352 e. The van der Waals surface area contributed by atoms with Crippen molar-refractivity contribution in [2.75, 3.05) is 24.7 Å². The molecule has 0 aliphatic carbocycles. The van der Waals surface area contributed by atoms with E-state index < -0.39 is 36.4 Å². The number of anilines is 1. The molecule has 1 atom stereocenters. The second-order valence-corrected chi connectivity index (χ2v) is 6.55. The third-order valence-electron chi connectivity index (χ3n) is 4.80. The Balaban J connectivity index is 1.51. The van der Waals surface area contributed by atoms with Crippen LogP contribution in [-0.4, -0.2) is 35.4 Å². The third-order valence-corrected chi connectivity index (χ3v) is 4.80. The highest BCUT2D eigenvalue weighted by Crippen LogP contribution is 2.33.